The van der Waals surface area contributed by atoms with E-state index in [1.54, 1.807) is 12.1 Å². The lowest BCUT2D eigenvalue weighted by Gasteiger charge is -2.07. The molecule has 3 rings (SSSR count). The van der Waals surface area contributed by atoms with Gasteiger partial charge in [0.1, 0.15) is 5.82 Å². The second kappa shape index (κ2) is 5.53. The van der Waals surface area contributed by atoms with Crippen molar-refractivity contribution in [2.75, 3.05) is 0 Å². The quantitative estimate of drug-likeness (QED) is 0.792. The first kappa shape index (κ1) is 14.7. The minimum Gasteiger partial charge on any atom is -0.481 e. The monoisotopic (exact) mass is 318 g/mol. The summed E-state index contributed by atoms with van der Waals surface area (Å²) in [5.74, 6) is -0.977. The standard InChI is InChI=1S/C16H15FN2O2S/c1-9(2)13-8-22-16-18-15(10-3-5-11(17)6-4-10)12(19(13)16)7-14(20)21/h3-6,8-9H,7H2,1-2H3,(H,20,21). The van der Waals surface area contributed by atoms with Crippen molar-refractivity contribution in [3.8, 4) is 11.3 Å². The first-order valence-electron chi connectivity index (χ1n) is 6.94. The van der Waals surface area contributed by atoms with E-state index in [-0.39, 0.29) is 18.2 Å². The van der Waals surface area contributed by atoms with E-state index < -0.39 is 5.97 Å². The van der Waals surface area contributed by atoms with Crippen LogP contribution in [0.3, 0.4) is 0 Å². The van der Waals surface area contributed by atoms with Gasteiger partial charge in [-0.3, -0.25) is 9.20 Å². The fourth-order valence-corrected chi connectivity index (χ4v) is 3.55. The highest BCUT2D eigenvalue weighted by Gasteiger charge is 2.21. The number of halogens is 1. The highest BCUT2D eigenvalue weighted by molar-refractivity contribution is 7.15. The molecule has 3 aromatic rings. The summed E-state index contributed by atoms with van der Waals surface area (Å²) in [5, 5.41) is 11.2. The van der Waals surface area contributed by atoms with E-state index in [1.165, 1.54) is 23.5 Å². The molecule has 0 saturated carbocycles. The molecule has 0 atom stereocenters. The van der Waals surface area contributed by atoms with Gasteiger partial charge in [0, 0.05) is 16.6 Å². The summed E-state index contributed by atoms with van der Waals surface area (Å²) in [7, 11) is 0. The molecule has 4 nitrogen and oxygen atoms in total. The number of benzene rings is 1. The lowest BCUT2D eigenvalue weighted by molar-refractivity contribution is -0.136. The van der Waals surface area contributed by atoms with Crippen molar-refractivity contribution in [2.24, 2.45) is 0 Å². The number of hydrogen-bond donors (Lipinski definition) is 1. The molecule has 0 fully saturated rings. The van der Waals surface area contributed by atoms with E-state index in [0.29, 0.717) is 11.4 Å². The van der Waals surface area contributed by atoms with Gasteiger partial charge < -0.3 is 5.11 Å². The van der Waals surface area contributed by atoms with Crippen LogP contribution in [0.5, 0.6) is 0 Å². The summed E-state index contributed by atoms with van der Waals surface area (Å²) in [6.07, 6.45) is -0.121. The predicted molar refractivity (Wildman–Crippen MR) is 83.9 cm³/mol. The lowest BCUT2D eigenvalue weighted by Crippen LogP contribution is -2.06. The van der Waals surface area contributed by atoms with Crippen molar-refractivity contribution in [3.63, 3.8) is 0 Å². The van der Waals surface area contributed by atoms with Crippen LogP contribution in [0.4, 0.5) is 4.39 Å². The number of hydrogen-bond acceptors (Lipinski definition) is 3. The van der Waals surface area contributed by atoms with E-state index >= 15 is 0 Å². The zero-order chi connectivity index (χ0) is 15.9. The molecular weight excluding hydrogens is 303 g/mol. The van der Waals surface area contributed by atoms with Crippen LogP contribution in [-0.2, 0) is 11.2 Å². The number of carboxylic acids is 1. The number of thiazole rings is 1. The Morgan fingerprint density at radius 3 is 2.64 bits per heavy atom. The second-order valence-corrected chi connectivity index (χ2v) is 6.25. The molecule has 0 amide bonds. The summed E-state index contributed by atoms with van der Waals surface area (Å²) in [5.41, 5.74) is 3.01. The largest absolute Gasteiger partial charge is 0.481 e. The third-order valence-corrected chi connectivity index (χ3v) is 4.36. The maximum absolute atomic E-state index is 13.1. The molecule has 0 aliphatic rings. The molecule has 2 heterocycles. The number of nitrogens with zero attached hydrogens (tertiary/aromatic N) is 2. The van der Waals surface area contributed by atoms with Gasteiger partial charge in [-0.15, -0.1) is 11.3 Å². The Bertz CT molecular complexity index is 834. The third kappa shape index (κ3) is 2.50. The number of aromatic nitrogens is 2. The van der Waals surface area contributed by atoms with Gasteiger partial charge >= 0.3 is 5.97 Å². The van der Waals surface area contributed by atoms with E-state index in [2.05, 4.69) is 18.8 Å². The summed E-state index contributed by atoms with van der Waals surface area (Å²) >= 11 is 1.49. The SMILES string of the molecule is CC(C)c1csc2nc(-c3ccc(F)cc3)c(CC(=O)O)n12. The third-order valence-electron chi connectivity index (χ3n) is 3.51. The molecule has 22 heavy (non-hydrogen) atoms. The van der Waals surface area contributed by atoms with Crippen LogP contribution < -0.4 is 0 Å². The Balaban J connectivity index is 2.25. The van der Waals surface area contributed by atoms with Crippen molar-refractivity contribution in [2.45, 2.75) is 26.2 Å². The summed E-state index contributed by atoms with van der Waals surface area (Å²) in [6, 6.07) is 5.97. The average Bonchev–Trinajstić information content (AvgIpc) is 3.00. The maximum atomic E-state index is 13.1. The fraction of sp³-hybridized carbons (Fsp3) is 0.250. The van der Waals surface area contributed by atoms with E-state index in [0.717, 1.165) is 16.2 Å². The Morgan fingerprint density at radius 2 is 2.05 bits per heavy atom. The summed E-state index contributed by atoms with van der Waals surface area (Å²) < 4.78 is 15.0. The average molecular weight is 318 g/mol. The Labute approximate surface area is 130 Å². The first-order chi connectivity index (χ1) is 10.5. The number of aliphatic carboxylic acids is 1. The van der Waals surface area contributed by atoms with Gasteiger partial charge in [0.2, 0.25) is 0 Å². The van der Waals surface area contributed by atoms with Crippen LogP contribution in [0.25, 0.3) is 16.2 Å². The minimum atomic E-state index is -0.911. The molecule has 0 aliphatic carbocycles. The van der Waals surface area contributed by atoms with E-state index in [4.69, 9.17) is 0 Å². The molecule has 0 aliphatic heterocycles. The number of rotatable bonds is 4. The molecule has 0 radical (unpaired) electrons. The molecule has 1 aromatic carbocycles. The Hall–Kier alpha value is -2.21. The second-order valence-electron chi connectivity index (χ2n) is 5.42. The van der Waals surface area contributed by atoms with Crippen molar-refractivity contribution in [1.82, 2.24) is 9.38 Å². The van der Waals surface area contributed by atoms with Gasteiger partial charge in [0.05, 0.1) is 17.8 Å². The highest BCUT2D eigenvalue weighted by atomic mass is 32.1. The van der Waals surface area contributed by atoms with Crippen LogP contribution in [0, 0.1) is 5.82 Å². The zero-order valence-corrected chi connectivity index (χ0v) is 13.0. The Morgan fingerprint density at radius 1 is 1.36 bits per heavy atom. The van der Waals surface area contributed by atoms with E-state index in [9.17, 15) is 14.3 Å². The molecule has 114 valence electrons. The molecule has 0 bridgehead atoms. The number of imidazole rings is 1. The van der Waals surface area contributed by atoms with Crippen molar-refractivity contribution in [3.05, 3.63) is 46.9 Å². The molecular formula is C16H15FN2O2S. The molecule has 0 spiro atoms. The van der Waals surface area contributed by atoms with Gasteiger partial charge in [-0.1, -0.05) is 13.8 Å². The lowest BCUT2D eigenvalue weighted by atomic mass is 10.1. The minimum absolute atomic E-state index is 0.121. The smallest absolute Gasteiger partial charge is 0.309 e. The number of carbonyl (C=O) groups is 1. The van der Waals surface area contributed by atoms with Gasteiger partial charge in [-0.05, 0) is 30.2 Å². The molecule has 2 aromatic heterocycles. The highest BCUT2D eigenvalue weighted by Crippen LogP contribution is 2.31. The fourth-order valence-electron chi connectivity index (χ4n) is 2.48. The predicted octanol–water partition coefficient (Wildman–Crippen LogP) is 3.95. The van der Waals surface area contributed by atoms with Crippen LogP contribution in [0.1, 0.15) is 31.2 Å². The number of carboxylic acid groups (broad SMARTS) is 1. The first-order valence-corrected chi connectivity index (χ1v) is 7.81. The van der Waals surface area contributed by atoms with Crippen LogP contribution in [0.2, 0.25) is 0 Å². The number of fused-ring (bicyclic) bond motifs is 1. The maximum Gasteiger partial charge on any atom is 0.309 e. The van der Waals surface area contributed by atoms with E-state index in [1.807, 2.05) is 9.78 Å². The molecule has 1 N–H and O–H groups in total. The van der Waals surface area contributed by atoms with Crippen molar-refractivity contribution in [1.29, 1.82) is 0 Å². The van der Waals surface area contributed by atoms with Gasteiger partial charge in [-0.2, -0.15) is 0 Å². The van der Waals surface area contributed by atoms with Gasteiger partial charge in [0.25, 0.3) is 0 Å². The van der Waals surface area contributed by atoms with Crippen LogP contribution in [0.15, 0.2) is 29.6 Å². The van der Waals surface area contributed by atoms with Crippen LogP contribution >= 0.6 is 11.3 Å². The summed E-state index contributed by atoms with van der Waals surface area (Å²) in [6.45, 7) is 4.12. The molecule has 0 unspecified atom stereocenters. The zero-order valence-electron chi connectivity index (χ0n) is 12.2. The summed E-state index contributed by atoms with van der Waals surface area (Å²) in [4.78, 5) is 16.6. The molecule has 0 saturated heterocycles. The Kier molecular flexibility index (Phi) is 3.70. The van der Waals surface area contributed by atoms with Crippen LogP contribution in [-0.4, -0.2) is 20.5 Å². The molecule has 6 heteroatoms. The van der Waals surface area contributed by atoms with Gasteiger partial charge in [-0.25, -0.2) is 9.37 Å². The van der Waals surface area contributed by atoms with Gasteiger partial charge in [0.15, 0.2) is 4.96 Å². The normalized spacial score (nSPS) is 11.5. The van der Waals surface area contributed by atoms with Crippen molar-refractivity contribution < 1.29 is 14.3 Å². The topological polar surface area (TPSA) is 54.6 Å². The van der Waals surface area contributed by atoms with Crippen molar-refractivity contribution >= 4 is 22.3 Å².